The minimum Gasteiger partial charge on any atom is -0.481 e. The number of thiophene rings is 1. The van der Waals surface area contributed by atoms with E-state index in [1.165, 1.54) is 0 Å². The van der Waals surface area contributed by atoms with Crippen LogP contribution in [0.25, 0.3) is 0 Å². The van der Waals surface area contributed by atoms with Gasteiger partial charge in [-0.3, -0.25) is 4.79 Å². The van der Waals surface area contributed by atoms with Crippen molar-refractivity contribution in [3.8, 4) is 0 Å². The number of nitrogens with one attached hydrogen (secondary N) is 1. The maximum Gasteiger partial charge on any atom is 0.407 e. The SMILES string of the molecule is CCOC(=O)NC1CC(C(=O)O)CN(c2ccsc2)C1. The number of anilines is 1. The first-order chi connectivity index (χ1) is 9.60. The first-order valence-corrected chi connectivity index (χ1v) is 7.47. The van der Waals surface area contributed by atoms with Crippen molar-refractivity contribution in [2.75, 3.05) is 24.6 Å². The predicted molar refractivity (Wildman–Crippen MR) is 76.2 cm³/mol. The van der Waals surface area contributed by atoms with Gasteiger partial charge in [-0.05, 0) is 24.8 Å². The summed E-state index contributed by atoms with van der Waals surface area (Å²) in [6.07, 6.45) is -0.0665. The third kappa shape index (κ3) is 3.63. The molecule has 1 fully saturated rings. The number of piperidine rings is 1. The summed E-state index contributed by atoms with van der Waals surface area (Å²) in [5, 5.41) is 15.9. The largest absolute Gasteiger partial charge is 0.481 e. The molecule has 2 unspecified atom stereocenters. The van der Waals surface area contributed by atoms with Crippen molar-refractivity contribution in [3.05, 3.63) is 16.8 Å². The minimum atomic E-state index is -0.833. The second-order valence-electron chi connectivity index (χ2n) is 4.72. The quantitative estimate of drug-likeness (QED) is 0.885. The molecule has 110 valence electrons. The maximum absolute atomic E-state index is 11.5. The van der Waals surface area contributed by atoms with Crippen molar-refractivity contribution in [2.45, 2.75) is 19.4 Å². The lowest BCUT2D eigenvalue weighted by Crippen LogP contribution is -2.52. The molecule has 1 aliphatic rings. The maximum atomic E-state index is 11.5. The van der Waals surface area contributed by atoms with E-state index in [0.717, 1.165) is 5.69 Å². The molecule has 0 saturated carbocycles. The fraction of sp³-hybridized carbons (Fsp3) is 0.538. The second-order valence-corrected chi connectivity index (χ2v) is 5.50. The number of ether oxygens (including phenoxy) is 1. The van der Waals surface area contributed by atoms with Crippen LogP contribution in [0.1, 0.15) is 13.3 Å². The number of carboxylic acids is 1. The zero-order valence-corrected chi connectivity index (χ0v) is 12.1. The molecule has 1 aromatic heterocycles. The van der Waals surface area contributed by atoms with E-state index in [2.05, 4.69) is 5.32 Å². The van der Waals surface area contributed by atoms with E-state index in [4.69, 9.17) is 4.74 Å². The van der Waals surface area contributed by atoms with Gasteiger partial charge in [-0.25, -0.2) is 4.79 Å². The van der Waals surface area contributed by atoms with Gasteiger partial charge in [0.15, 0.2) is 0 Å². The fourth-order valence-electron chi connectivity index (χ4n) is 2.37. The molecule has 20 heavy (non-hydrogen) atoms. The third-order valence-electron chi connectivity index (χ3n) is 3.27. The van der Waals surface area contributed by atoms with Crippen LogP contribution in [0.2, 0.25) is 0 Å². The molecule has 7 heteroatoms. The van der Waals surface area contributed by atoms with Crippen LogP contribution in [-0.4, -0.2) is 42.9 Å². The molecule has 1 amide bonds. The van der Waals surface area contributed by atoms with Crippen molar-refractivity contribution < 1.29 is 19.4 Å². The van der Waals surface area contributed by atoms with E-state index in [1.807, 2.05) is 21.7 Å². The van der Waals surface area contributed by atoms with Gasteiger partial charge in [0.25, 0.3) is 0 Å². The topological polar surface area (TPSA) is 78.9 Å². The van der Waals surface area contributed by atoms with Gasteiger partial charge in [0, 0.05) is 24.2 Å². The third-order valence-corrected chi connectivity index (χ3v) is 3.94. The second kappa shape index (κ2) is 6.60. The Kier molecular flexibility index (Phi) is 4.84. The smallest absolute Gasteiger partial charge is 0.407 e. The molecule has 2 rings (SSSR count). The lowest BCUT2D eigenvalue weighted by Gasteiger charge is -2.37. The zero-order chi connectivity index (χ0) is 14.5. The molecule has 1 saturated heterocycles. The van der Waals surface area contributed by atoms with Crippen LogP contribution in [0.4, 0.5) is 10.5 Å². The number of amides is 1. The van der Waals surface area contributed by atoms with E-state index in [1.54, 1.807) is 18.3 Å². The number of aliphatic carboxylic acids is 1. The summed E-state index contributed by atoms with van der Waals surface area (Å²) >= 11 is 1.56. The van der Waals surface area contributed by atoms with Crippen LogP contribution in [-0.2, 0) is 9.53 Å². The summed E-state index contributed by atoms with van der Waals surface area (Å²) in [7, 11) is 0. The Labute approximate surface area is 121 Å². The number of hydrogen-bond donors (Lipinski definition) is 2. The van der Waals surface area contributed by atoms with Gasteiger partial charge < -0.3 is 20.1 Å². The fourth-order valence-corrected chi connectivity index (χ4v) is 3.03. The zero-order valence-electron chi connectivity index (χ0n) is 11.2. The van der Waals surface area contributed by atoms with Crippen LogP contribution in [0, 0.1) is 5.92 Å². The Morgan fingerprint density at radius 2 is 2.35 bits per heavy atom. The average molecular weight is 298 g/mol. The van der Waals surface area contributed by atoms with Gasteiger partial charge in [0.2, 0.25) is 0 Å². The molecule has 0 aliphatic carbocycles. The van der Waals surface area contributed by atoms with Crippen molar-refractivity contribution in [1.29, 1.82) is 0 Å². The van der Waals surface area contributed by atoms with E-state index in [-0.39, 0.29) is 6.04 Å². The highest BCUT2D eigenvalue weighted by atomic mass is 32.1. The normalized spacial score (nSPS) is 22.4. The Bertz CT molecular complexity index is 463. The van der Waals surface area contributed by atoms with Crippen molar-refractivity contribution >= 4 is 29.1 Å². The molecule has 2 N–H and O–H groups in total. The lowest BCUT2D eigenvalue weighted by atomic mass is 9.94. The number of carbonyl (C=O) groups is 2. The summed E-state index contributed by atoms with van der Waals surface area (Å²) in [4.78, 5) is 24.7. The molecule has 0 aromatic carbocycles. The number of hydrogen-bond acceptors (Lipinski definition) is 5. The predicted octanol–water partition coefficient (Wildman–Crippen LogP) is 1.77. The molecule has 0 radical (unpaired) electrons. The summed E-state index contributed by atoms with van der Waals surface area (Å²) in [6.45, 7) is 3.10. The van der Waals surface area contributed by atoms with Gasteiger partial charge in [-0.15, -0.1) is 0 Å². The van der Waals surface area contributed by atoms with Crippen LogP contribution in [0.3, 0.4) is 0 Å². The summed E-state index contributed by atoms with van der Waals surface area (Å²) in [6, 6.07) is 1.74. The molecule has 1 aromatic rings. The van der Waals surface area contributed by atoms with Crippen molar-refractivity contribution in [1.82, 2.24) is 5.32 Å². The van der Waals surface area contributed by atoms with Crippen molar-refractivity contribution in [3.63, 3.8) is 0 Å². The van der Waals surface area contributed by atoms with Gasteiger partial charge >= 0.3 is 12.1 Å². The molecule has 2 atom stereocenters. The van der Waals surface area contributed by atoms with Gasteiger partial charge in [0.1, 0.15) is 0 Å². The summed E-state index contributed by atoms with van der Waals surface area (Å²) < 4.78 is 4.85. The summed E-state index contributed by atoms with van der Waals surface area (Å²) in [5.41, 5.74) is 0.997. The van der Waals surface area contributed by atoms with Crippen molar-refractivity contribution in [2.24, 2.45) is 5.92 Å². The Hall–Kier alpha value is -1.76. The van der Waals surface area contributed by atoms with Crippen LogP contribution >= 0.6 is 11.3 Å². The molecule has 2 heterocycles. The van der Waals surface area contributed by atoms with Crippen LogP contribution in [0.15, 0.2) is 16.8 Å². The highest BCUT2D eigenvalue weighted by Gasteiger charge is 2.32. The molecule has 1 aliphatic heterocycles. The Morgan fingerprint density at radius 3 is 2.95 bits per heavy atom. The first-order valence-electron chi connectivity index (χ1n) is 6.53. The standard InChI is InChI=1S/C13H18N2O4S/c1-2-19-13(18)14-10-5-9(12(16)17)6-15(7-10)11-3-4-20-8-11/h3-4,8-10H,2,5-7H2,1H3,(H,14,18)(H,16,17). The Balaban J connectivity index is 2.04. The van der Waals surface area contributed by atoms with E-state index < -0.39 is 18.0 Å². The number of alkyl carbamates (subject to hydrolysis) is 1. The summed E-state index contributed by atoms with van der Waals surface area (Å²) in [5.74, 6) is -1.32. The highest BCUT2D eigenvalue weighted by Crippen LogP contribution is 2.25. The Morgan fingerprint density at radius 1 is 1.55 bits per heavy atom. The van der Waals surface area contributed by atoms with Gasteiger partial charge in [-0.1, -0.05) is 0 Å². The molecular formula is C13H18N2O4S. The first kappa shape index (κ1) is 14.6. The number of rotatable bonds is 4. The van der Waals surface area contributed by atoms with Gasteiger partial charge in [0.05, 0.1) is 18.6 Å². The molecule has 0 bridgehead atoms. The minimum absolute atomic E-state index is 0.219. The highest BCUT2D eigenvalue weighted by molar-refractivity contribution is 7.08. The van der Waals surface area contributed by atoms with E-state index in [0.29, 0.717) is 26.1 Å². The number of carboxylic acid groups (broad SMARTS) is 1. The van der Waals surface area contributed by atoms with Gasteiger partial charge in [-0.2, -0.15) is 11.3 Å². The number of nitrogens with zero attached hydrogens (tertiary/aromatic N) is 1. The molecular weight excluding hydrogens is 280 g/mol. The lowest BCUT2D eigenvalue weighted by molar-refractivity contribution is -0.142. The van der Waals surface area contributed by atoms with E-state index >= 15 is 0 Å². The number of carbonyl (C=O) groups excluding carboxylic acids is 1. The molecule has 0 spiro atoms. The van der Waals surface area contributed by atoms with Crippen LogP contribution in [0.5, 0.6) is 0 Å². The van der Waals surface area contributed by atoms with Crippen LogP contribution < -0.4 is 10.2 Å². The monoisotopic (exact) mass is 298 g/mol. The molecule has 6 nitrogen and oxygen atoms in total. The average Bonchev–Trinajstić information content (AvgIpc) is 2.92. The van der Waals surface area contributed by atoms with E-state index in [9.17, 15) is 14.7 Å².